The lowest BCUT2D eigenvalue weighted by atomic mass is 9.98. The van der Waals surface area contributed by atoms with Crippen LogP contribution in [0.2, 0.25) is 0 Å². The van der Waals surface area contributed by atoms with Crippen LogP contribution in [0, 0.1) is 11.3 Å². The Hall–Kier alpha value is -1.86. The minimum Gasteiger partial charge on any atom is -0.343 e. The standard InChI is InChI=1S/C19H25N3O/c20-14-16-6-8-17(9-7-16)15-22-11-2-1-4-18(22)10-13-21-12-3-5-19(21)23/h6-9,18H,1-5,10-13,15H2. The van der Waals surface area contributed by atoms with E-state index in [1.54, 1.807) is 0 Å². The summed E-state index contributed by atoms with van der Waals surface area (Å²) in [4.78, 5) is 16.4. The van der Waals surface area contributed by atoms with Gasteiger partial charge in [-0.25, -0.2) is 0 Å². The Morgan fingerprint density at radius 3 is 2.65 bits per heavy atom. The van der Waals surface area contributed by atoms with Gasteiger partial charge in [-0.1, -0.05) is 18.6 Å². The Bertz CT molecular complexity index is 575. The van der Waals surface area contributed by atoms with E-state index in [-0.39, 0.29) is 0 Å². The normalized spacial score (nSPS) is 22.3. The summed E-state index contributed by atoms with van der Waals surface area (Å²) in [5, 5.41) is 8.89. The maximum Gasteiger partial charge on any atom is 0.222 e. The van der Waals surface area contributed by atoms with Crippen LogP contribution in [0.1, 0.15) is 49.7 Å². The molecule has 2 aliphatic rings. The first kappa shape index (κ1) is 16.0. The number of piperidine rings is 1. The fraction of sp³-hybridized carbons (Fsp3) is 0.579. The molecule has 2 aliphatic heterocycles. The number of carbonyl (C=O) groups excluding carboxylic acids is 1. The average Bonchev–Trinajstić information content (AvgIpc) is 3.00. The van der Waals surface area contributed by atoms with Crippen molar-refractivity contribution in [3.05, 3.63) is 35.4 Å². The summed E-state index contributed by atoms with van der Waals surface area (Å²) >= 11 is 0. The lowest BCUT2D eigenvalue weighted by Gasteiger charge is -2.36. The van der Waals surface area contributed by atoms with Gasteiger partial charge in [-0.15, -0.1) is 0 Å². The number of likely N-dealkylation sites (tertiary alicyclic amines) is 2. The number of nitrogens with zero attached hydrogens (tertiary/aromatic N) is 3. The van der Waals surface area contributed by atoms with Crippen molar-refractivity contribution in [2.75, 3.05) is 19.6 Å². The molecule has 4 nitrogen and oxygen atoms in total. The van der Waals surface area contributed by atoms with E-state index < -0.39 is 0 Å². The van der Waals surface area contributed by atoms with Gasteiger partial charge in [0.05, 0.1) is 11.6 Å². The third kappa shape index (κ3) is 4.11. The molecule has 1 atom stereocenters. The van der Waals surface area contributed by atoms with Crippen LogP contribution < -0.4 is 0 Å². The van der Waals surface area contributed by atoms with Crippen LogP contribution in [-0.4, -0.2) is 41.4 Å². The lowest BCUT2D eigenvalue weighted by molar-refractivity contribution is -0.127. The number of hydrogen-bond donors (Lipinski definition) is 0. The van der Waals surface area contributed by atoms with Gasteiger partial charge in [0.15, 0.2) is 0 Å². The van der Waals surface area contributed by atoms with Crippen LogP contribution in [0.4, 0.5) is 0 Å². The Morgan fingerprint density at radius 2 is 1.96 bits per heavy atom. The monoisotopic (exact) mass is 311 g/mol. The van der Waals surface area contributed by atoms with Crippen LogP contribution in [0.5, 0.6) is 0 Å². The summed E-state index contributed by atoms with van der Waals surface area (Å²) in [6.07, 6.45) is 6.64. The van der Waals surface area contributed by atoms with E-state index in [1.165, 1.54) is 24.8 Å². The molecule has 1 amide bonds. The Labute approximate surface area is 138 Å². The zero-order chi connectivity index (χ0) is 16.1. The van der Waals surface area contributed by atoms with Gasteiger partial charge in [-0.05, 0) is 49.9 Å². The molecule has 4 heteroatoms. The van der Waals surface area contributed by atoms with Gasteiger partial charge in [-0.2, -0.15) is 5.26 Å². The molecule has 0 radical (unpaired) electrons. The van der Waals surface area contributed by atoms with Crippen LogP contribution >= 0.6 is 0 Å². The summed E-state index contributed by atoms with van der Waals surface area (Å²) in [5.74, 6) is 0.333. The summed E-state index contributed by atoms with van der Waals surface area (Å²) in [5.41, 5.74) is 1.99. The van der Waals surface area contributed by atoms with Crippen LogP contribution in [0.3, 0.4) is 0 Å². The first-order chi connectivity index (χ1) is 11.3. The van der Waals surface area contributed by atoms with Gasteiger partial charge >= 0.3 is 0 Å². The molecule has 2 saturated heterocycles. The summed E-state index contributed by atoms with van der Waals surface area (Å²) in [6.45, 7) is 3.94. The van der Waals surface area contributed by atoms with Crippen molar-refractivity contribution in [2.45, 2.75) is 51.1 Å². The zero-order valence-electron chi connectivity index (χ0n) is 13.7. The first-order valence-corrected chi connectivity index (χ1v) is 8.77. The van der Waals surface area contributed by atoms with E-state index >= 15 is 0 Å². The van der Waals surface area contributed by atoms with Crippen molar-refractivity contribution >= 4 is 5.91 Å². The van der Waals surface area contributed by atoms with Crippen molar-refractivity contribution in [1.82, 2.24) is 9.80 Å². The van der Waals surface area contributed by atoms with Gasteiger partial charge in [0, 0.05) is 32.1 Å². The zero-order valence-corrected chi connectivity index (χ0v) is 13.7. The molecule has 0 aromatic heterocycles. The maximum absolute atomic E-state index is 11.8. The molecule has 2 fully saturated rings. The van der Waals surface area contributed by atoms with Crippen molar-refractivity contribution < 1.29 is 4.79 Å². The molecule has 0 N–H and O–H groups in total. The largest absolute Gasteiger partial charge is 0.343 e. The number of rotatable bonds is 5. The fourth-order valence-corrected chi connectivity index (χ4v) is 3.76. The Balaban J connectivity index is 1.57. The highest BCUT2D eigenvalue weighted by Gasteiger charge is 2.25. The van der Waals surface area contributed by atoms with Crippen LogP contribution in [0.25, 0.3) is 0 Å². The summed E-state index contributed by atoms with van der Waals surface area (Å²) in [7, 11) is 0. The molecule has 2 heterocycles. The molecule has 1 aromatic carbocycles. The molecule has 0 bridgehead atoms. The number of nitriles is 1. The summed E-state index contributed by atoms with van der Waals surface area (Å²) in [6, 6.07) is 10.7. The van der Waals surface area contributed by atoms with Gasteiger partial charge in [0.25, 0.3) is 0 Å². The number of hydrogen-bond acceptors (Lipinski definition) is 3. The highest BCUT2D eigenvalue weighted by Crippen LogP contribution is 2.23. The highest BCUT2D eigenvalue weighted by molar-refractivity contribution is 5.78. The van der Waals surface area contributed by atoms with Crippen LogP contribution in [0.15, 0.2) is 24.3 Å². The third-order valence-corrected chi connectivity index (χ3v) is 5.12. The smallest absolute Gasteiger partial charge is 0.222 e. The van der Waals surface area contributed by atoms with E-state index in [9.17, 15) is 4.79 Å². The van der Waals surface area contributed by atoms with Gasteiger partial charge in [0.1, 0.15) is 0 Å². The second-order valence-corrected chi connectivity index (χ2v) is 6.70. The van der Waals surface area contributed by atoms with Gasteiger partial charge < -0.3 is 4.90 Å². The SMILES string of the molecule is N#Cc1ccc(CN2CCCCC2CCN2CCCC2=O)cc1. The quantitative estimate of drug-likeness (QED) is 0.840. The Kier molecular flexibility index (Phi) is 5.30. The topological polar surface area (TPSA) is 47.3 Å². The fourth-order valence-electron chi connectivity index (χ4n) is 3.76. The molecule has 0 saturated carbocycles. The Morgan fingerprint density at radius 1 is 1.13 bits per heavy atom. The van der Waals surface area contributed by atoms with Gasteiger partial charge in [0.2, 0.25) is 5.91 Å². The maximum atomic E-state index is 11.8. The van der Waals surface area contributed by atoms with Crippen molar-refractivity contribution in [3.63, 3.8) is 0 Å². The van der Waals surface area contributed by atoms with Crippen molar-refractivity contribution in [1.29, 1.82) is 5.26 Å². The molecule has 1 aromatic rings. The van der Waals surface area contributed by atoms with E-state index in [0.717, 1.165) is 51.0 Å². The van der Waals surface area contributed by atoms with Crippen molar-refractivity contribution in [3.8, 4) is 6.07 Å². The number of amides is 1. The summed E-state index contributed by atoms with van der Waals surface area (Å²) < 4.78 is 0. The lowest BCUT2D eigenvalue weighted by Crippen LogP contribution is -2.41. The third-order valence-electron chi connectivity index (χ3n) is 5.12. The van der Waals surface area contributed by atoms with Crippen LogP contribution in [-0.2, 0) is 11.3 Å². The molecule has 3 rings (SSSR count). The van der Waals surface area contributed by atoms with E-state index in [0.29, 0.717) is 11.9 Å². The number of benzene rings is 1. The second-order valence-electron chi connectivity index (χ2n) is 6.70. The van der Waals surface area contributed by atoms with Crippen molar-refractivity contribution in [2.24, 2.45) is 0 Å². The average molecular weight is 311 g/mol. The molecular weight excluding hydrogens is 286 g/mol. The predicted molar refractivity (Wildman–Crippen MR) is 89.6 cm³/mol. The number of carbonyl (C=O) groups is 1. The minimum absolute atomic E-state index is 0.333. The predicted octanol–water partition coefficient (Wildman–Crippen LogP) is 2.93. The molecule has 23 heavy (non-hydrogen) atoms. The molecule has 0 spiro atoms. The minimum atomic E-state index is 0.333. The second kappa shape index (κ2) is 7.61. The molecular formula is C19H25N3O. The highest BCUT2D eigenvalue weighted by atomic mass is 16.2. The van der Waals surface area contributed by atoms with Gasteiger partial charge in [-0.3, -0.25) is 9.69 Å². The van der Waals surface area contributed by atoms with E-state index in [2.05, 4.69) is 23.1 Å². The van der Waals surface area contributed by atoms with E-state index in [4.69, 9.17) is 5.26 Å². The van der Waals surface area contributed by atoms with E-state index in [1.807, 2.05) is 17.0 Å². The first-order valence-electron chi connectivity index (χ1n) is 8.77. The molecule has 0 aliphatic carbocycles. The molecule has 122 valence electrons. The molecule has 1 unspecified atom stereocenters.